The number of ether oxygens (including phenoxy) is 2. The van der Waals surface area contributed by atoms with Crippen LogP contribution in [0.25, 0.3) is 0 Å². The molecule has 1 aromatic rings. The molecule has 15 nitrogen and oxygen atoms in total. The van der Waals surface area contributed by atoms with Crippen LogP contribution >= 0.6 is 0 Å². The Morgan fingerprint density at radius 2 is 1.53 bits per heavy atom. The number of primary amides is 1. The molecule has 2 amide bonds. The van der Waals surface area contributed by atoms with E-state index in [-0.39, 0.29) is 49.1 Å². The van der Waals surface area contributed by atoms with E-state index in [1.54, 1.807) is 39.2 Å². The van der Waals surface area contributed by atoms with Crippen LogP contribution in [0.5, 0.6) is 5.75 Å². The van der Waals surface area contributed by atoms with Crippen molar-refractivity contribution in [1.82, 2.24) is 9.80 Å². The molecular formula is C43H64N4O11. The van der Waals surface area contributed by atoms with Crippen molar-refractivity contribution in [1.29, 1.82) is 0 Å². The summed E-state index contributed by atoms with van der Waals surface area (Å²) in [5.41, 5.74) is 2.08. The summed E-state index contributed by atoms with van der Waals surface area (Å²) in [6, 6.07) is 0.565. The number of ketones is 2. The van der Waals surface area contributed by atoms with E-state index >= 15 is 0 Å². The number of benzene rings is 1. The fourth-order valence-electron chi connectivity index (χ4n) is 8.72. The van der Waals surface area contributed by atoms with Crippen molar-refractivity contribution >= 4 is 35.2 Å². The number of phenols is 1. The highest BCUT2D eigenvalue weighted by atomic mass is 16.7. The van der Waals surface area contributed by atoms with Crippen LogP contribution in [-0.2, 0) is 36.8 Å². The summed E-state index contributed by atoms with van der Waals surface area (Å²) >= 11 is 0. The third-order valence-electron chi connectivity index (χ3n) is 11.4. The van der Waals surface area contributed by atoms with Gasteiger partial charge < -0.3 is 45.4 Å². The van der Waals surface area contributed by atoms with E-state index in [1.165, 1.54) is 41.9 Å². The number of unbranched alkanes of at least 4 members (excludes halogenated alkanes) is 8. The van der Waals surface area contributed by atoms with Gasteiger partial charge in [-0.2, -0.15) is 0 Å². The minimum atomic E-state index is -2.77. The SMILES string of the molecule is CCCCCCCCCCCC(=O)OCOC(=O)N(Cc1cc(N(C)C)c2c(c1O)C(=O)C1=C(O)[C@]3(O)C(=O)C(C(N)=O)=C(O)[C@@H](N(C)C)[C@@H]3C[C@@H]1C2)CC(C)(C)C. The fraction of sp³-hybridized carbons (Fsp3) is 0.651. The first-order chi connectivity index (χ1) is 27.2. The molecular weight excluding hydrogens is 748 g/mol. The van der Waals surface area contributed by atoms with Crippen LogP contribution in [-0.4, -0.2) is 113 Å². The van der Waals surface area contributed by atoms with Gasteiger partial charge in [-0.25, -0.2) is 4.79 Å². The van der Waals surface area contributed by atoms with Gasteiger partial charge in [0.15, 0.2) is 11.4 Å². The Morgan fingerprint density at radius 3 is 2.09 bits per heavy atom. The van der Waals surface area contributed by atoms with Gasteiger partial charge in [-0.3, -0.25) is 24.1 Å². The Kier molecular flexibility index (Phi) is 15.1. The van der Waals surface area contributed by atoms with Crippen LogP contribution in [0.4, 0.5) is 10.5 Å². The van der Waals surface area contributed by atoms with Crippen LogP contribution < -0.4 is 10.6 Å². The number of nitrogens with two attached hydrogens (primary N) is 1. The summed E-state index contributed by atoms with van der Waals surface area (Å²) in [7, 11) is 6.65. The average molecular weight is 813 g/mol. The number of Topliss-reactive ketones (excluding diaryl/α,β-unsaturated/α-hetero) is 2. The summed E-state index contributed by atoms with van der Waals surface area (Å²) in [4.78, 5) is 71.1. The van der Waals surface area contributed by atoms with Crippen molar-refractivity contribution in [3.63, 3.8) is 0 Å². The highest BCUT2D eigenvalue weighted by Gasteiger charge is 2.63. The molecule has 0 aliphatic heterocycles. The molecule has 4 rings (SSSR count). The normalized spacial score (nSPS) is 21.7. The Labute approximate surface area is 341 Å². The lowest BCUT2D eigenvalue weighted by Crippen LogP contribution is -2.63. The predicted octanol–water partition coefficient (Wildman–Crippen LogP) is 5.59. The Balaban J connectivity index is 1.58. The average Bonchev–Trinajstić information content (AvgIpc) is 3.12. The summed E-state index contributed by atoms with van der Waals surface area (Å²) in [6.07, 6.45) is 9.39. The molecule has 0 unspecified atom stereocenters. The van der Waals surface area contributed by atoms with Gasteiger partial charge in [0.2, 0.25) is 12.6 Å². The first-order valence-electron chi connectivity index (χ1n) is 20.4. The summed E-state index contributed by atoms with van der Waals surface area (Å²) in [6.45, 7) is 7.25. The number of carbonyl (C=O) groups excluding carboxylic acids is 5. The Morgan fingerprint density at radius 1 is 0.931 bits per heavy atom. The van der Waals surface area contributed by atoms with Crippen molar-refractivity contribution in [2.24, 2.45) is 23.0 Å². The first kappa shape index (κ1) is 46.1. The molecule has 0 bridgehead atoms. The third kappa shape index (κ3) is 9.79. The van der Waals surface area contributed by atoms with E-state index < -0.39 is 88.1 Å². The second kappa shape index (κ2) is 19.0. The van der Waals surface area contributed by atoms with Crippen molar-refractivity contribution in [3.05, 3.63) is 45.4 Å². The Bertz CT molecular complexity index is 1810. The number of likely N-dealkylation sites (N-methyl/N-ethyl adjacent to an activating group) is 1. The lowest BCUT2D eigenvalue weighted by atomic mass is 9.58. The Hall–Kier alpha value is -4.63. The molecule has 322 valence electrons. The van der Waals surface area contributed by atoms with Gasteiger partial charge in [0.1, 0.15) is 22.8 Å². The number of fused-ring (bicyclic) bond motifs is 3. The molecule has 3 aliphatic rings. The number of aromatic hydroxyl groups is 1. The van der Waals surface area contributed by atoms with E-state index in [9.17, 15) is 44.4 Å². The molecule has 0 saturated heterocycles. The van der Waals surface area contributed by atoms with E-state index in [0.29, 0.717) is 17.7 Å². The molecule has 15 heteroatoms. The molecule has 0 radical (unpaired) electrons. The summed E-state index contributed by atoms with van der Waals surface area (Å²) in [5.74, 6) is -7.90. The fourth-order valence-corrected chi connectivity index (χ4v) is 8.72. The second-order valence-electron chi connectivity index (χ2n) is 17.7. The highest BCUT2D eigenvalue weighted by Crippen LogP contribution is 2.53. The smallest absolute Gasteiger partial charge is 0.412 e. The molecule has 0 saturated carbocycles. The number of aliphatic hydroxyl groups excluding tert-OH is 2. The zero-order valence-electron chi connectivity index (χ0n) is 35.5. The standard InChI is InChI=1S/C43H64N4O11/c1-9-10-11-12-13-14-15-16-17-18-30(48)57-24-58-41(55)47(23-42(2,3)4)22-26-21-29(45(5)6)27-19-25-20-28-34(46(7)8)37(51)33(40(44)54)39(53)43(28,56)38(52)31(25)36(50)32(27)35(26)49/h21,25,28,34,49,51-52,56H,9-20,22-24H2,1-8H3,(H2,44,54)/t25-,28-,34-,43-/m0/s1. The van der Waals surface area contributed by atoms with E-state index in [0.717, 1.165) is 19.3 Å². The number of rotatable bonds is 18. The van der Waals surface area contributed by atoms with Crippen LogP contribution in [0.2, 0.25) is 0 Å². The molecule has 6 N–H and O–H groups in total. The highest BCUT2D eigenvalue weighted by molar-refractivity contribution is 6.25. The van der Waals surface area contributed by atoms with Gasteiger partial charge >= 0.3 is 12.1 Å². The number of esters is 1. The van der Waals surface area contributed by atoms with Gasteiger partial charge in [0.25, 0.3) is 5.91 Å². The minimum absolute atomic E-state index is 0.0455. The molecule has 0 spiro atoms. The monoisotopic (exact) mass is 812 g/mol. The van der Waals surface area contributed by atoms with Crippen LogP contribution in [0.1, 0.15) is 120 Å². The number of hydrogen-bond acceptors (Lipinski definition) is 13. The molecule has 0 fully saturated rings. The topological polar surface area (TPSA) is 220 Å². The summed E-state index contributed by atoms with van der Waals surface area (Å²) < 4.78 is 10.6. The van der Waals surface area contributed by atoms with Gasteiger partial charge in [-0.1, -0.05) is 79.1 Å². The molecule has 3 aliphatic carbocycles. The number of anilines is 1. The minimum Gasteiger partial charge on any atom is -0.510 e. The van der Waals surface area contributed by atoms with Crippen LogP contribution in [0.15, 0.2) is 28.7 Å². The number of aliphatic hydroxyl groups is 3. The maximum Gasteiger partial charge on any atom is 0.412 e. The van der Waals surface area contributed by atoms with Gasteiger partial charge in [-0.15, -0.1) is 0 Å². The zero-order chi connectivity index (χ0) is 43.3. The number of nitrogens with zero attached hydrogens (tertiary/aromatic N) is 3. The van der Waals surface area contributed by atoms with Crippen molar-refractivity contribution < 1.29 is 53.9 Å². The van der Waals surface area contributed by atoms with Crippen LogP contribution in [0.3, 0.4) is 0 Å². The molecule has 4 atom stereocenters. The molecule has 0 heterocycles. The quantitative estimate of drug-likeness (QED) is 0.0529. The number of phenolic OH excluding ortho intramolecular Hbond substituents is 1. The van der Waals surface area contributed by atoms with Crippen molar-refractivity contribution in [2.75, 3.05) is 46.4 Å². The maximum atomic E-state index is 14.5. The number of carbonyl (C=O) groups is 5. The predicted molar refractivity (Wildman–Crippen MR) is 217 cm³/mol. The van der Waals surface area contributed by atoms with Gasteiger partial charge in [0, 0.05) is 49.8 Å². The van der Waals surface area contributed by atoms with E-state index in [2.05, 4.69) is 6.92 Å². The molecule has 1 aromatic carbocycles. The van der Waals surface area contributed by atoms with Crippen molar-refractivity contribution in [3.8, 4) is 5.75 Å². The number of hydrogen-bond donors (Lipinski definition) is 5. The van der Waals surface area contributed by atoms with Crippen molar-refractivity contribution in [2.45, 2.75) is 123 Å². The zero-order valence-corrected chi connectivity index (χ0v) is 35.5. The van der Waals surface area contributed by atoms with Gasteiger partial charge in [0.05, 0.1) is 18.2 Å². The number of amides is 2. The first-order valence-corrected chi connectivity index (χ1v) is 20.4. The maximum absolute atomic E-state index is 14.5. The lowest BCUT2D eigenvalue weighted by molar-refractivity contribution is -0.152. The van der Waals surface area contributed by atoms with E-state index in [1.807, 2.05) is 20.8 Å². The summed E-state index contributed by atoms with van der Waals surface area (Å²) in [5, 5.41) is 46.6. The third-order valence-corrected chi connectivity index (χ3v) is 11.4. The molecule has 58 heavy (non-hydrogen) atoms. The van der Waals surface area contributed by atoms with E-state index in [4.69, 9.17) is 15.2 Å². The lowest BCUT2D eigenvalue weighted by Gasteiger charge is -2.50. The largest absolute Gasteiger partial charge is 0.510 e. The number of allylic oxidation sites excluding steroid dienone is 1. The van der Waals surface area contributed by atoms with Crippen LogP contribution in [0, 0.1) is 17.3 Å². The molecule has 0 aromatic heterocycles. The second-order valence-corrected chi connectivity index (χ2v) is 17.7. The van der Waals surface area contributed by atoms with Gasteiger partial charge in [-0.05, 0) is 56.3 Å².